The predicted molar refractivity (Wildman–Crippen MR) is 129 cm³/mol. The van der Waals surface area contributed by atoms with Crippen molar-refractivity contribution < 1.29 is 31.9 Å². The van der Waals surface area contributed by atoms with Gasteiger partial charge in [-0.05, 0) is 43.5 Å². The van der Waals surface area contributed by atoms with Crippen LogP contribution in [-0.2, 0) is 25.3 Å². The van der Waals surface area contributed by atoms with Gasteiger partial charge >= 0.3 is 5.97 Å². The lowest BCUT2D eigenvalue weighted by molar-refractivity contribution is -0.123. The van der Waals surface area contributed by atoms with Gasteiger partial charge in [0.05, 0.1) is 25.0 Å². The first-order valence-corrected chi connectivity index (χ1v) is 13.0. The van der Waals surface area contributed by atoms with Crippen LogP contribution in [0.25, 0.3) is 0 Å². The number of benzene rings is 1. The lowest BCUT2D eigenvalue weighted by Crippen LogP contribution is -2.43. The largest absolute Gasteiger partial charge is 0.480 e. The molecule has 192 valence electrons. The SMILES string of the molecule is CCOC(=O)c1cc(C#N)c(N2CCC(C(=O)NS(=O)(=O)Cc3ccc(F)cc3Cl)CC2)nc1OC. The molecule has 0 spiro atoms. The number of esters is 1. The van der Waals surface area contributed by atoms with Gasteiger partial charge in [-0.25, -0.2) is 17.6 Å². The van der Waals surface area contributed by atoms with Gasteiger partial charge in [-0.15, -0.1) is 0 Å². The van der Waals surface area contributed by atoms with Crippen molar-refractivity contribution in [3.8, 4) is 11.9 Å². The minimum absolute atomic E-state index is 0.00728. The van der Waals surface area contributed by atoms with Gasteiger partial charge in [0.25, 0.3) is 0 Å². The average Bonchev–Trinajstić information content (AvgIpc) is 2.84. The summed E-state index contributed by atoms with van der Waals surface area (Å²) >= 11 is 5.90. The van der Waals surface area contributed by atoms with E-state index in [1.54, 1.807) is 11.8 Å². The lowest BCUT2D eigenvalue weighted by Gasteiger charge is -2.32. The summed E-state index contributed by atoms with van der Waals surface area (Å²) in [4.78, 5) is 30.9. The Morgan fingerprint density at radius 1 is 1.31 bits per heavy atom. The van der Waals surface area contributed by atoms with Crippen LogP contribution < -0.4 is 14.4 Å². The van der Waals surface area contributed by atoms with Crippen molar-refractivity contribution in [1.82, 2.24) is 9.71 Å². The molecule has 0 atom stereocenters. The second-order valence-electron chi connectivity index (χ2n) is 7.97. The van der Waals surface area contributed by atoms with Crippen molar-refractivity contribution in [2.24, 2.45) is 5.92 Å². The molecule has 1 aliphatic heterocycles. The van der Waals surface area contributed by atoms with Crippen LogP contribution in [0.3, 0.4) is 0 Å². The monoisotopic (exact) mass is 538 g/mol. The summed E-state index contributed by atoms with van der Waals surface area (Å²) < 4.78 is 50.4. The van der Waals surface area contributed by atoms with E-state index in [0.29, 0.717) is 31.7 Å². The van der Waals surface area contributed by atoms with E-state index in [1.165, 1.54) is 19.2 Å². The lowest BCUT2D eigenvalue weighted by atomic mass is 9.96. The quantitative estimate of drug-likeness (QED) is 0.502. The van der Waals surface area contributed by atoms with Crippen LogP contribution in [0, 0.1) is 23.1 Å². The van der Waals surface area contributed by atoms with Gasteiger partial charge in [-0.2, -0.15) is 10.2 Å². The molecular formula is C23H24ClFN4O6S. The number of nitrogens with zero attached hydrogens (tertiary/aromatic N) is 3. The number of hydrogen-bond acceptors (Lipinski definition) is 9. The predicted octanol–water partition coefficient (Wildman–Crippen LogP) is 2.79. The number of nitriles is 1. The third-order valence-electron chi connectivity index (χ3n) is 5.56. The molecule has 2 heterocycles. The van der Waals surface area contributed by atoms with E-state index in [1.807, 2.05) is 6.07 Å². The maximum atomic E-state index is 13.2. The van der Waals surface area contributed by atoms with Gasteiger partial charge < -0.3 is 14.4 Å². The number of aromatic nitrogens is 1. The van der Waals surface area contributed by atoms with E-state index >= 15 is 0 Å². The number of hydrogen-bond donors (Lipinski definition) is 1. The molecule has 0 aliphatic carbocycles. The van der Waals surface area contributed by atoms with E-state index in [4.69, 9.17) is 21.1 Å². The summed E-state index contributed by atoms with van der Waals surface area (Å²) in [5, 5.41) is 9.55. The van der Waals surface area contributed by atoms with E-state index < -0.39 is 39.4 Å². The Balaban J connectivity index is 1.68. The minimum atomic E-state index is -4.06. The van der Waals surface area contributed by atoms with Crippen molar-refractivity contribution >= 4 is 39.3 Å². The number of piperidine rings is 1. The Hall–Kier alpha value is -3.43. The van der Waals surface area contributed by atoms with Gasteiger partial charge in [0, 0.05) is 24.0 Å². The van der Waals surface area contributed by atoms with E-state index in [0.717, 1.165) is 12.1 Å². The molecule has 1 aliphatic rings. The highest BCUT2D eigenvalue weighted by molar-refractivity contribution is 7.89. The Labute approximate surface area is 213 Å². The van der Waals surface area contributed by atoms with Crippen molar-refractivity contribution in [2.45, 2.75) is 25.5 Å². The topological polar surface area (TPSA) is 139 Å². The highest BCUT2D eigenvalue weighted by Gasteiger charge is 2.30. The van der Waals surface area contributed by atoms with E-state index in [9.17, 15) is 27.7 Å². The number of sulfonamides is 1. The first-order chi connectivity index (χ1) is 17.1. The van der Waals surface area contributed by atoms with Crippen LogP contribution in [-0.4, -0.2) is 52.1 Å². The van der Waals surface area contributed by atoms with Crippen molar-refractivity contribution in [1.29, 1.82) is 5.26 Å². The molecule has 13 heteroatoms. The average molecular weight is 539 g/mol. The molecule has 0 bridgehead atoms. The second kappa shape index (κ2) is 11.5. The van der Waals surface area contributed by atoms with Crippen molar-refractivity contribution in [3.05, 3.63) is 51.8 Å². The number of ether oxygens (including phenoxy) is 2. The summed E-state index contributed by atoms with van der Waals surface area (Å²) in [6.45, 7) is 2.42. The maximum Gasteiger partial charge on any atom is 0.343 e. The van der Waals surface area contributed by atoms with Gasteiger partial charge in [-0.1, -0.05) is 17.7 Å². The Morgan fingerprint density at radius 3 is 2.58 bits per heavy atom. The van der Waals surface area contributed by atoms with Gasteiger partial charge in [0.15, 0.2) is 5.82 Å². The zero-order valence-electron chi connectivity index (χ0n) is 19.6. The first kappa shape index (κ1) is 27.2. The molecule has 1 aromatic carbocycles. The summed E-state index contributed by atoms with van der Waals surface area (Å²) in [5.74, 6) is -2.78. The molecule has 0 radical (unpaired) electrons. The number of methoxy groups -OCH3 is 1. The van der Waals surface area contributed by atoms with E-state index in [-0.39, 0.29) is 34.2 Å². The molecule has 0 unspecified atom stereocenters. The standard InChI is InChI=1S/C23H24ClFN4O6S/c1-3-35-23(31)18-10-16(12-26)20(27-22(18)34-2)29-8-6-14(7-9-29)21(30)28-36(32,33)13-15-4-5-17(25)11-19(15)24/h4-5,10-11,14H,3,6-9,13H2,1-2H3,(H,28,30). The van der Waals surface area contributed by atoms with Crippen LogP contribution in [0.5, 0.6) is 5.88 Å². The molecule has 0 saturated carbocycles. The van der Waals surface area contributed by atoms with Gasteiger partial charge in [0.2, 0.25) is 21.8 Å². The number of nitrogens with one attached hydrogen (secondary N) is 1. The minimum Gasteiger partial charge on any atom is -0.480 e. The van der Waals surface area contributed by atoms with Gasteiger partial charge in [-0.3, -0.25) is 9.52 Å². The number of halogens is 2. The number of carbonyl (C=O) groups is 2. The Morgan fingerprint density at radius 2 is 2.00 bits per heavy atom. The highest BCUT2D eigenvalue weighted by atomic mass is 35.5. The van der Waals surface area contributed by atoms with Crippen LogP contribution in [0.15, 0.2) is 24.3 Å². The van der Waals surface area contributed by atoms with Crippen LogP contribution in [0.1, 0.15) is 41.3 Å². The highest BCUT2D eigenvalue weighted by Crippen LogP contribution is 2.30. The molecule has 1 fully saturated rings. The fraction of sp³-hybridized carbons (Fsp3) is 0.391. The van der Waals surface area contributed by atoms with Crippen molar-refractivity contribution in [2.75, 3.05) is 31.7 Å². The van der Waals surface area contributed by atoms with Crippen molar-refractivity contribution in [3.63, 3.8) is 0 Å². The van der Waals surface area contributed by atoms with Crippen LogP contribution in [0.4, 0.5) is 10.2 Å². The number of amides is 1. The molecule has 36 heavy (non-hydrogen) atoms. The number of pyridine rings is 1. The third kappa shape index (κ3) is 6.41. The molecule has 10 nitrogen and oxygen atoms in total. The molecule has 1 amide bonds. The summed E-state index contributed by atoms with van der Waals surface area (Å²) in [5.41, 5.74) is 0.337. The van der Waals surface area contributed by atoms with E-state index in [2.05, 4.69) is 9.71 Å². The molecule has 1 N–H and O–H groups in total. The number of anilines is 1. The first-order valence-electron chi connectivity index (χ1n) is 11.0. The Bertz CT molecular complexity index is 1310. The normalized spacial score (nSPS) is 14.1. The summed E-state index contributed by atoms with van der Waals surface area (Å²) in [6.07, 6.45) is 0.598. The fourth-order valence-electron chi connectivity index (χ4n) is 3.79. The Kier molecular flexibility index (Phi) is 8.70. The third-order valence-corrected chi connectivity index (χ3v) is 7.11. The van der Waals surface area contributed by atoms with Crippen LogP contribution in [0.2, 0.25) is 5.02 Å². The van der Waals surface area contributed by atoms with Crippen LogP contribution >= 0.6 is 11.6 Å². The molecule has 3 rings (SSSR count). The fourth-order valence-corrected chi connectivity index (χ4v) is 5.31. The zero-order valence-corrected chi connectivity index (χ0v) is 21.2. The summed E-state index contributed by atoms with van der Waals surface area (Å²) in [6, 6.07) is 6.71. The molecular weight excluding hydrogens is 515 g/mol. The molecule has 1 saturated heterocycles. The smallest absolute Gasteiger partial charge is 0.343 e. The zero-order chi connectivity index (χ0) is 26.5. The number of carbonyl (C=O) groups excluding carboxylic acids is 2. The second-order valence-corrected chi connectivity index (χ2v) is 10.1. The molecule has 1 aromatic heterocycles. The maximum absolute atomic E-state index is 13.2. The molecule has 2 aromatic rings. The summed E-state index contributed by atoms with van der Waals surface area (Å²) in [7, 11) is -2.71. The number of rotatable bonds is 8. The van der Waals surface area contributed by atoms with Gasteiger partial charge in [0.1, 0.15) is 17.4 Å².